The summed E-state index contributed by atoms with van der Waals surface area (Å²) in [4.78, 5) is 0. The molecular weight excluding hydrogens is 485 g/mol. The van der Waals surface area contributed by atoms with Crippen molar-refractivity contribution in [2.24, 2.45) is 58.2 Å². The van der Waals surface area contributed by atoms with E-state index in [2.05, 4.69) is 34.6 Å². The fourth-order valence-electron chi connectivity index (χ4n) is 11.3. The van der Waals surface area contributed by atoms with Crippen molar-refractivity contribution in [3.05, 3.63) is 0 Å². The van der Waals surface area contributed by atoms with E-state index in [4.69, 9.17) is 0 Å². The number of fused-ring (bicyclic) bond motifs is 5. The lowest BCUT2D eigenvalue weighted by Gasteiger charge is -2.62. The van der Waals surface area contributed by atoms with Gasteiger partial charge in [-0.1, -0.05) is 34.6 Å². The smallest absolute Gasteiger partial charge is 0.390 e. The molecule has 5 rings (SSSR count). The third kappa shape index (κ3) is 4.80. The van der Waals surface area contributed by atoms with Gasteiger partial charge in [-0.2, -0.15) is 13.2 Å². The minimum absolute atomic E-state index is 0.0175. The maximum Gasteiger partial charge on any atom is 0.417 e. The summed E-state index contributed by atoms with van der Waals surface area (Å²) in [6.07, 6.45) is 8.79. The second-order valence-electron chi connectivity index (χ2n) is 15.9. The highest BCUT2D eigenvalue weighted by atomic mass is 19.4. The van der Waals surface area contributed by atoms with Gasteiger partial charge in [0.15, 0.2) is 5.60 Å². The first-order valence-electron chi connectivity index (χ1n) is 16.1. The molecule has 0 aromatic carbocycles. The van der Waals surface area contributed by atoms with E-state index in [0.29, 0.717) is 47.3 Å². The SMILES string of the molecule is CC(C)C1CCC(O)(CC[C@@H](C)[C@H]2CC[C@H]3[C@@H]4CCC5C[C@](O)(C(F)(F)F)CC[C@]5(C)[C@H]4CC[C@]23C)CC1. The first-order valence-corrected chi connectivity index (χ1v) is 16.1. The summed E-state index contributed by atoms with van der Waals surface area (Å²) in [6.45, 7) is 11.9. The average molecular weight is 541 g/mol. The van der Waals surface area contributed by atoms with Gasteiger partial charge in [0.1, 0.15) is 0 Å². The maximum atomic E-state index is 13.7. The van der Waals surface area contributed by atoms with Gasteiger partial charge >= 0.3 is 6.18 Å². The Bertz CT molecular complexity index is 848. The van der Waals surface area contributed by atoms with Crippen molar-refractivity contribution in [2.45, 2.75) is 148 Å². The summed E-state index contributed by atoms with van der Waals surface area (Å²) in [5.74, 6) is 4.57. The highest BCUT2D eigenvalue weighted by Gasteiger charge is 2.65. The zero-order valence-electron chi connectivity index (χ0n) is 24.8. The van der Waals surface area contributed by atoms with Crippen molar-refractivity contribution in [3.8, 4) is 0 Å². The van der Waals surface area contributed by atoms with Crippen LogP contribution in [0.1, 0.15) is 131 Å². The molecule has 2 nitrogen and oxygen atoms in total. The zero-order valence-corrected chi connectivity index (χ0v) is 24.8. The lowest BCUT2D eigenvalue weighted by molar-refractivity contribution is -0.290. The number of hydrogen-bond acceptors (Lipinski definition) is 2. The molecule has 38 heavy (non-hydrogen) atoms. The van der Waals surface area contributed by atoms with E-state index in [1.807, 2.05) is 0 Å². The van der Waals surface area contributed by atoms with Crippen LogP contribution in [0.15, 0.2) is 0 Å². The van der Waals surface area contributed by atoms with Crippen LogP contribution >= 0.6 is 0 Å². The third-order valence-corrected chi connectivity index (χ3v) is 14.0. The summed E-state index contributed by atoms with van der Waals surface area (Å²) in [5.41, 5.74) is -2.70. The van der Waals surface area contributed by atoms with Crippen LogP contribution in [0.25, 0.3) is 0 Å². The third-order valence-electron chi connectivity index (χ3n) is 14.0. The van der Waals surface area contributed by atoms with Gasteiger partial charge in [0.2, 0.25) is 0 Å². The Morgan fingerprint density at radius 2 is 1.42 bits per heavy atom. The minimum atomic E-state index is -4.52. The average Bonchev–Trinajstić information content (AvgIpc) is 3.20. The molecule has 2 N–H and O–H groups in total. The molecule has 5 fully saturated rings. The van der Waals surface area contributed by atoms with Crippen LogP contribution < -0.4 is 0 Å². The van der Waals surface area contributed by atoms with Crippen LogP contribution in [0.5, 0.6) is 0 Å². The van der Waals surface area contributed by atoms with Crippen molar-refractivity contribution in [2.75, 3.05) is 0 Å². The predicted octanol–water partition coefficient (Wildman–Crippen LogP) is 8.93. The summed E-state index contributed by atoms with van der Waals surface area (Å²) in [7, 11) is 0. The Labute approximate surface area is 229 Å². The van der Waals surface area contributed by atoms with Gasteiger partial charge in [0.25, 0.3) is 0 Å². The molecule has 0 amide bonds. The van der Waals surface area contributed by atoms with Gasteiger partial charge in [0.05, 0.1) is 5.60 Å². The van der Waals surface area contributed by atoms with E-state index in [-0.39, 0.29) is 24.2 Å². The molecule has 0 heterocycles. The molecule has 0 aromatic heterocycles. The highest BCUT2D eigenvalue weighted by molar-refractivity contribution is 5.11. The largest absolute Gasteiger partial charge is 0.417 e. The summed E-state index contributed by atoms with van der Waals surface area (Å²) in [6, 6.07) is 0. The molecule has 5 heteroatoms. The van der Waals surface area contributed by atoms with Gasteiger partial charge in [0, 0.05) is 0 Å². The van der Waals surface area contributed by atoms with E-state index in [1.165, 1.54) is 19.3 Å². The van der Waals surface area contributed by atoms with E-state index >= 15 is 0 Å². The summed E-state index contributed by atoms with van der Waals surface area (Å²) >= 11 is 0. The van der Waals surface area contributed by atoms with Crippen molar-refractivity contribution in [1.82, 2.24) is 0 Å². The Hall–Kier alpha value is -0.290. The van der Waals surface area contributed by atoms with Crippen LogP contribution in [0.4, 0.5) is 13.2 Å². The molecule has 0 spiro atoms. The Balaban J connectivity index is 1.22. The number of alkyl halides is 3. The molecule has 220 valence electrons. The molecule has 0 radical (unpaired) electrons. The standard InChI is InChI=1S/C33H55F3O2/c1-21(2)23-11-16-31(37,17-12-23)15-10-22(3)26-8-9-27-25-7-6-24-20-32(38,33(34,35)36)19-18-29(24,4)28(25)13-14-30(26,27)5/h21-28,37-38H,6-20H2,1-5H3/t22-,23?,24?,25+,26-,27+,28+,29+,30-,31?,32+/m1/s1. The Kier molecular flexibility index (Phi) is 7.62. The second-order valence-corrected chi connectivity index (χ2v) is 15.9. The monoisotopic (exact) mass is 540 g/mol. The molecule has 5 saturated carbocycles. The molecule has 9 atom stereocenters. The topological polar surface area (TPSA) is 40.5 Å². The highest BCUT2D eigenvalue weighted by Crippen LogP contribution is 2.69. The molecular formula is C33H55F3O2. The van der Waals surface area contributed by atoms with Crippen LogP contribution in [0.2, 0.25) is 0 Å². The molecule has 0 saturated heterocycles. The van der Waals surface area contributed by atoms with Crippen molar-refractivity contribution < 1.29 is 23.4 Å². The Morgan fingerprint density at radius 1 is 0.763 bits per heavy atom. The van der Waals surface area contributed by atoms with Gasteiger partial charge in [-0.3, -0.25) is 0 Å². The Morgan fingerprint density at radius 3 is 2.05 bits per heavy atom. The lowest BCUT2D eigenvalue weighted by Crippen LogP contribution is -2.59. The van der Waals surface area contributed by atoms with E-state index in [9.17, 15) is 23.4 Å². The summed E-state index contributed by atoms with van der Waals surface area (Å²) < 4.78 is 41.0. The molecule has 5 aliphatic carbocycles. The predicted molar refractivity (Wildman–Crippen MR) is 146 cm³/mol. The first-order chi connectivity index (χ1) is 17.6. The van der Waals surface area contributed by atoms with E-state index in [0.717, 1.165) is 63.7 Å². The first kappa shape index (κ1) is 29.2. The van der Waals surface area contributed by atoms with Crippen LogP contribution in [0.3, 0.4) is 0 Å². The molecule has 5 aliphatic rings. The normalized spacial score (nSPS) is 50.3. The lowest BCUT2D eigenvalue weighted by atomic mass is 9.43. The van der Waals surface area contributed by atoms with Crippen LogP contribution in [-0.4, -0.2) is 27.6 Å². The second kappa shape index (κ2) is 9.92. The van der Waals surface area contributed by atoms with Gasteiger partial charge in [-0.05, 0) is 154 Å². The number of aliphatic hydroxyl groups is 2. The van der Waals surface area contributed by atoms with Gasteiger partial charge < -0.3 is 10.2 Å². The van der Waals surface area contributed by atoms with E-state index in [1.54, 1.807) is 0 Å². The zero-order chi connectivity index (χ0) is 27.7. The summed E-state index contributed by atoms with van der Waals surface area (Å²) in [5, 5.41) is 21.9. The molecule has 0 aliphatic heterocycles. The fourth-order valence-corrected chi connectivity index (χ4v) is 11.3. The van der Waals surface area contributed by atoms with Crippen LogP contribution in [0, 0.1) is 58.2 Å². The molecule has 1 unspecified atom stereocenters. The van der Waals surface area contributed by atoms with Gasteiger partial charge in [-0.15, -0.1) is 0 Å². The van der Waals surface area contributed by atoms with Crippen molar-refractivity contribution in [1.29, 1.82) is 0 Å². The van der Waals surface area contributed by atoms with Crippen molar-refractivity contribution in [3.63, 3.8) is 0 Å². The maximum absolute atomic E-state index is 13.7. The number of rotatable bonds is 5. The molecule has 0 bridgehead atoms. The minimum Gasteiger partial charge on any atom is -0.390 e. The fraction of sp³-hybridized carbons (Fsp3) is 1.00. The quantitative estimate of drug-likeness (QED) is 0.365. The van der Waals surface area contributed by atoms with Gasteiger partial charge in [-0.25, -0.2) is 0 Å². The van der Waals surface area contributed by atoms with Crippen molar-refractivity contribution >= 4 is 0 Å². The van der Waals surface area contributed by atoms with E-state index < -0.39 is 17.4 Å². The number of halogens is 3. The molecule has 0 aromatic rings. The van der Waals surface area contributed by atoms with Crippen LogP contribution in [-0.2, 0) is 0 Å². The number of hydrogen-bond donors (Lipinski definition) is 2.